The van der Waals surface area contributed by atoms with Gasteiger partial charge in [-0.05, 0) is 70.6 Å². The zero-order valence-electron chi connectivity index (χ0n) is 47.0. The Balaban J connectivity index is 4.20. The van der Waals surface area contributed by atoms with Gasteiger partial charge in [0.2, 0.25) is 5.91 Å². The Bertz CT molecular complexity index is 1280. The number of carbonyl (C=O) groups is 1. The number of hydrogen-bond donors (Lipinski definition) is 3. The summed E-state index contributed by atoms with van der Waals surface area (Å²) < 4.78 is 23.7. The lowest BCUT2D eigenvalue weighted by Crippen LogP contribution is -2.45. The van der Waals surface area contributed by atoms with E-state index in [4.69, 9.17) is 9.05 Å². The van der Waals surface area contributed by atoms with Crippen LogP contribution in [-0.4, -0.2) is 73.4 Å². The van der Waals surface area contributed by atoms with Crippen LogP contribution < -0.4 is 5.32 Å². The standard InChI is InChI=1S/C61H117N2O6P/c1-6-8-10-12-14-16-18-20-22-24-26-28-29-30-31-32-33-34-35-37-39-41-43-45-47-49-51-53-55-61(65)62-59(58-69-70(66,67)68-57-56-63(3,4)5)60(64)54-52-50-48-46-44-42-40-38-36-27-25-23-21-19-17-15-13-11-9-7-2/h30-31,36,38,44,46,52,54,59-60,64H,6-29,32-35,37,39-43,45,47-51,53,55-58H2,1-5H3,(H-,62,65,66,67)/p+1/b31-30-,38-36+,46-44+,54-52+. The quantitative estimate of drug-likeness (QED) is 0.0243. The molecule has 1 amide bonds. The van der Waals surface area contributed by atoms with Gasteiger partial charge in [-0.2, -0.15) is 0 Å². The minimum absolute atomic E-state index is 0.0534. The van der Waals surface area contributed by atoms with E-state index < -0.39 is 20.0 Å². The fourth-order valence-corrected chi connectivity index (χ4v) is 9.51. The summed E-state index contributed by atoms with van der Waals surface area (Å²) in [5.41, 5.74) is 0. The van der Waals surface area contributed by atoms with E-state index in [1.54, 1.807) is 6.08 Å². The van der Waals surface area contributed by atoms with E-state index >= 15 is 0 Å². The van der Waals surface area contributed by atoms with E-state index in [2.05, 4.69) is 55.6 Å². The van der Waals surface area contributed by atoms with Crippen LogP contribution in [0.1, 0.15) is 284 Å². The number of rotatable bonds is 55. The number of unbranched alkanes of at least 4 members (excludes halogenated alkanes) is 36. The lowest BCUT2D eigenvalue weighted by atomic mass is 10.0. The number of aliphatic hydroxyl groups is 1. The van der Waals surface area contributed by atoms with Gasteiger partial charge in [-0.25, -0.2) is 4.57 Å². The zero-order chi connectivity index (χ0) is 51.3. The fraction of sp³-hybridized carbons (Fsp3) is 0.852. The Hall–Kier alpha value is -1.54. The van der Waals surface area contributed by atoms with Gasteiger partial charge in [-0.15, -0.1) is 0 Å². The van der Waals surface area contributed by atoms with Gasteiger partial charge in [0, 0.05) is 6.42 Å². The van der Waals surface area contributed by atoms with E-state index in [9.17, 15) is 19.4 Å². The summed E-state index contributed by atoms with van der Waals surface area (Å²) in [5, 5.41) is 13.9. The van der Waals surface area contributed by atoms with Crippen LogP contribution in [0.5, 0.6) is 0 Å². The predicted octanol–water partition coefficient (Wildman–Crippen LogP) is 18.3. The van der Waals surface area contributed by atoms with E-state index in [0.717, 1.165) is 44.9 Å². The molecule has 0 aliphatic carbocycles. The lowest BCUT2D eigenvalue weighted by Gasteiger charge is -2.25. The van der Waals surface area contributed by atoms with Crippen molar-refractivity contribution in [1.82, 2.24) is 5.32 Å². The van der Waals surface area contributed by atoms with Crippen LogP contribution in [0.3, 0.4) is 0 Å². The summed E-state index contributed by atoms with van der Waals surface area (Å²) in [4.78, 5) is 23.3. The number of quaternary nitrogens is 1. The first kappa shape index (κ1) is 68.5. The minimum Gasteiger partial charge on any atom is -0.387 e. The third kappa shape index (κ3) is 54.2. The number of aliphatic hydroxyl groups excluding tert-OH is 1. The number of likely N-dealkylation sites (N-methyl/N-ethyl adjacent to an activating group) is 1. The molecule has 70 heavy (non-hydrogen) atoms. The van der Waals surface area contributed by atoms with Crippen LogP contribution in [0.25, 0.3) is 0 Å². The van der Waals surface area contributed by atoms with E-state index in [1.165, 1.54) is 218 Å². The Morgan fingerprint density at radius 2 is 0.786 bits per heavy atom. The second-order valence-corrected chi connectivity index (χ2v) is 23.2. The zero-order valence-corrected chi connectivity index (χ0v) is 47.9. The maximum Gasteiger partial charge on any atom is 0.472 e. The topological polar surface area (TPSA) is 105 Å². The van der Waals surface area contributed by atoms with Gasteiger partial charge in [0.05, 0.1) is 39.9 Å². The maximum atomic E-state index is 13.0. The highest BCUT2D eigenvalue weighted by Crippen LogP contribution is 2.43. The molecular weight excluding hydrogens is 888 g/mol. The highest BCUT2D eigenvalue weighted by Gasteiger charge is 2.27. The van der Waals surface area contributed by atoms with Crippen molar-refractivity contribution < 1.29 is 32.9 Å². The highest BCUT2D eigenvalue weighted by molar-refractivity contribution is 7.47. The molecule has 0 radical (unpaired) electrons. The van der Waals surface area contributed by atoms with Gasteiger partial charge in [-0.1, -0.05) is 255 Å². The molecule has 0 fully saturated rings. The normalized spacial score (nSPS) is 14.2. The number of amides is 1. The maximum absolute atomic E-state index is 13.0. The number of hydrogen-bond acceptors (Lipinski definition) is 5. The van der Waals surface area contributed by atoms with E-state index in [0.29, 0.717) is 17.4 Å². The molecule has 3 atom stereocenters. The summed E-state index contributed by atoms with van der Waals surface area (Å²) in [6, 6.07) is -0.871. The van der Waals surface area contributed by atoms with Crippen LogP contribution in [0, 0.1) is 0 Å². The summed E-state index contributed by atoms with van der Waals surface area (Å²) >= 11 is 0. The van der Waals surface area contributed by atoms with Gasteiger partial charge in [0.25, 0.3) is 0 Å². The number of phosphoric ester groups is 1. The molecule has 0 aromatic carbocycles. The van der Waals surface area contributed by atoms with Crippen molar-refractivity contribution in [2.24, 2.45) is 0 Å². The number of nitrogens with zero attached hydrogens (tertiary/aromatic N) is 1. The average molecular weight is 1010 g/mol. The van der Waals surface area contributed by atoms with E-state index in [-0.39, 0.29) is 19.1 Å². The first-order valence-electron chi connectivity index (χ1n) is 30.0. The molecule has 3 N–H and O–H groups in total. The molecule has 0 saturated heterocycles. The molecule has 3 unspecified atom stereocenters. The smallest absolute Gasteiger partial charge is 0.387 e. The molecule has 0 rings (SSSR count). The molecule has 0 heterocycles. The molecule has 9 heteroatoms. The fourth-order valence-electron chi connectivity index (χ4n) is 8.78. The SMILES string of the molecule is CCCCCCCCCCCC/C=C/CC/C=C/CC/C=C/C(O)C(COP(=O)(O)OCC[N+](C)(C)C)NC(=O)CCCCCCCCCCCCCC/C=C\CCCCCCCCCCCCCC. The number of nitrogens with one attached hydrogen (secondary N) is 1. The van der Waals surface area contributed by atoms with Crippen molar-refractivity contribution in [2.45, 2.75) is 296 Å². The summed E-state index contributed by atoms with van der Waals surface area (Å²) in [6.45, 7) is 4.82. The van der Waals surface area contributed by atoms with Gasteiger partial charge in [-0.3, -0.25) is 13.8 Å². The number of phosphoric acid groups is 1. The van der Waals surface area contributed by atoms with Gasteiger partial charge >= 0.3 is 7.82 Å². The van der Waals surface area contributed by atoms with Crippen molar-refractivity contribution in [2.75, 3.05) is 40.9 Å². The van der Waals surface area contributed by atoms with Crippen LogP contribution in [-0.2, 0) is 18.4 Å². The van der Waals surface area contributed by atoms with Crippen molar-refractivity contribution in [3.63, 3.8) is 0 Å². The summed E-state index contributed by atoms with van der Waals surface area (Å²) in [6.07, 6.45) is 69.4. The largest absolute Gasteiger partial charge is 0.472 e. The Morgan fingerprint density at radius 1 is 0.471 bits per heavy atom. The molecule has 8 nitrogen and oxygen atoms in total. The van der Waals surface area contributed by atoms with Crippen LogP contribution >= 0.6 is 7.82 Å². The third-order valence-corrected chi connectivity index (χ3v) is 14.5. The monoisotopic (exact) mass is 1010 g/mol. The molecule has 0 aliphatic rings. The van der Waals surface area contributed by atoms with Crippen molar-refractivity contribution >= 4 is 13.7 Å². The highest BCUT2D eigenvalue weighted by atomic mass is 31.2. The molecular formula is C61H118N2O6P+. The van der Waals surface area contributed by atoms with Crippen LogP contribution in [0.15, 0.2) is 48.6 Å². The molecule has 0 aromatic heterocycles. The molecule has 0 saturated carbocycles. The van der Waals surface area contributed by atoms with Crippen molar-refractivity contribution in [3.8, 4) is 0 Å². The number of carbonyl (C=O) groups excluding carboxylic acids is 1. The second-order valence-electron chi connectivity index (χ2n) is 21.7. The third-order valence-electron chi connectivity index (χ3n) is 13.5. The van der Waals surface area contributed by atoms with Crippen LogP contribution in [0.2, 0.25) is 0 Å². The minimum atomic E-state index is -4.36. The van der Waals surface area contributed by atoms with Gasteiger partial charge < -0.3 is 19.8 Å². The Labute approximate surface area is 435 Å². The van der Waals surface area contributed by atoms with Gasteiger partial charge in [0.1, 0.15) is 13.2 Å². The second kappa shape index (κ2) is 52.3. The molecule has 0 spiro atoms. The predicted molar refractivity (Wildman–Crippen MR) is 304 cm³/mol. The van der Waals surface area contributed by atoms with Crippen molar-refractivity contribution in [1.29, 1.82) is 0 Å². The molecule has 0 bridgehead atoms. The van der Waals surface area contributed by atoms with E-state index in [1.807, 2.05) is 27.2 Å². The van der Waals surface area contributed by atoms with Crippen LogP contribution in [0.4, 0.5) is 0 Å². The Morgan fingerprint density at radius 3 is 1.14 bits per heavy atom. The molecule has 0 aromatic rings. The first-order valence-corrected chi connectivity index (χ1v) is 31.5. The first-order chi connectivity index (χ1) is 34.0. The molecule has 412 valence electrons. The number of allylic oxidation sites excluding steroid dienone is 7. The summed E-state index contributed by atoms with van der Waals surface area (Å²) in [5.74, 6) is -0.189. The summed E-state index contributed by atoms with van der Waals surface area (Å²) in [7, 11) is 1.55. The average Bonchev–Trinajstić information content (AvgIpc) is 3.32. The molecule has 0 aliphatic heterocycles. The van der Waals surface area contributed by atoms with Crippen molar-refractivity contribution in [3.05, 3.63) is 48.6 Å². The lowest BCUT2D eigenvalue weighted by molar-refractivity contribution is -0.870. The Kier molecular flexibility index (Phi) is 51.2. The van der Waals surface area contributed by atoms with Gasteiger partial charge in [0.15, 0.2) is 0 Å².